The highest BCUT2D eigenvalue weighted by molar-refractivity contribution is 9.11. The summed E-state index contributed by atoms with van der Waals surface area (Å²) >= 11 is 7.14. The molecule has 1 aromatic carbocycles. The van der Waals surface area contributed by atoms with Crippen molar-refractivity contribution in [3.05, 3.63) is 56.8 Å². The Balaban J connectivity index is 2.16. The van der Waals surface area contributed by atoms with E-state index in [0.717, 1.165) is 26.6 Å². The minimum absolute atomic E-state index is 0.00780. The first kappa shape index (κ1) is 11.8. The van der Waals surface area contributed by atoms with Gasteiger partial charge in [0, 0.05) is 10.0 Å². The molecule has 4 nitrogen and oxygen atoms in total. The lowest BCUT2D eigenvalue weighted by atomic mass is 10.1. The lowest BCUT2D eigenvalue weighted by Gasteiger charge is -2.10. The number of hydrogen-bond donors (Lipinski definition) is 2. The maximum absolute atomic E-state index is 11.3. The van der Waals surface area contributed by atoms with Crippen molar-refractivity contribution in [2.75, 3.05) is 0 Å². The van der Waals surface area contributed by atoms with Crippen LogP contribution in [0, 0.1) is 0 Å². The van der Waals surface area contributed by atoms with Gasteiger partial charge in [-0.25, -0.2) is 4.79 Å². The van der Waals surface area contributed by atoms with E-state index in [-0.39, 0.29) is 10.5 Å². The number of furan rings is 1. The number of benzene rings is 1. The van der Waals surface area contributed by atoms with Gasteiger partial charge in [0.05, 0.1) is 28.4 Å². The highest BCUT2D eigenvalue weighted by Gasteiger charge is 2.16. The smallest absolute Gasteiger partial charge is 0.323 e. The molecule has 6 heteroatoms. The van der Waals surface area contributed by atoms with Crippen molar-refractivity contribution in [1.82, 2.24) is 9.97 Å². The van der Waals surface area contributed by atoms with Crippen LogP contribution in [0.15, 0.2) is 44.4 Å². The first-order valence-electron chi connectivity index (χ1n) is 5.23. The Bertz CT molecular complexity index is 743. The fraction of sp³-hybridized carbons (Fsp3) is 0.0833. The van der Waals surface area contributed by atoms with E-state index in [9.17, 15) is 4.79 Å². The topological polar surface area (TPSA) is 61.8 Å². The number of imidazole rings is 1. The van der Waals surface area contributed by atoms with Crippen LogP contribution in [-0.2, 0) is 0 Å². The summed E-state index contributed by atoms with van der Waals surface area (Å²) in [5.74, 6) is 0. The lowest BCUT2D eigenvalue weighted by Crippen LogP contribution is -1.99. The number of aromatic amines is 2. The molecule has 1 atom stereocenters. The second kappa shape index (κ2) is 4.44. The highest BCUT2D eigenvalue weighted by Crippen LogP contribution is 2.36. The fourth-order valence-corrected chi connectivity index (χ4v) is 3.38. The number of nitrogens with one attached hydrogen (secondary N) is 2. The molecule has 2 heterocycles. The van der Waals surface area contributed by atoms with Crippen molar-refractivity contribution in [3.8, 4) is 0 Å². The highest BCUT2D eigenvalue weighted by atomic mass is 79.9. The van der Waals surface area contributed by atoms with Crippen LogP contribution in [0.4, 0.5) is 0 Å². The molecule has 0 amide bonds. The third kappa shape index (κ3) is 1.95. The quantitative estimate of drug-likeness (QED) is 0.674. The molecule has 0 fully saturated rings. The summed E-state index contributed by atoms with van der Waals surface area (Å²) in [5.41, 5.74) is 3.41. The van der Waals surface area contributed by atoms with E-state index in [2.05, 4.69) is 41.8 Å². The van der Waals surface area contributed by atoms with Gasteiger partial charge in [-0.15, -0.1) is 0 Å². The minimum Gasteiger partial charge on any atom is -0.472 e. The summed E-state index contributed by atoms with van der Waals surface area (Å²) in [4.78, 5) is 16.7. The minimum atomic E-state index is -0.205. The van der Waals surface area contributed by atoms with Crippen LogP contribution in [0.25, 0.3) is 11.0 Å². The van der Waals surface area contributed by atoms with Gasteiger partial charge in [0.15, 0.2) is 0 Å². The molecule has 0 saturated heterocycles. The lowest BCUT2D eigenvalue weighted by molar-refractivity contribution is 0.564. The number of hydrogen-bond acceptors (Lipinski definition) is 2. The van der Waals surface area contributed by atoms with E-state index in [1.54, 1.807) is 12.5 Å². The first-order valence-corrected chi connectivity index (χ1v) is 6.93. The standard InChI is InChI=1S/C12H8Br2N2O2/c13-8-4-10-9(15-12(17)16-10)3-7(8)11(14)6-1-2-18-5-6/h1-5,11H,(H2,15,16,17). The van der Waals surface area contributed by atoms with Crippen molar-refractivity contribution in [1.29, 1.82) is 0 Å². The van der Waals surface area contributed by atoms with E-state index in [4.69, 9.17) is 4.42 Å². The Morgan fingerprint density at radius 3 is 2.61 bits per heavy atom. The van der Waals surface area contributed by atoms with Gasteiger partial charge in [-0.1, -0.05) is 31.9 Å². The van der Waals surface area contributed by atoms with Crippen LogP contribution >= 0.6 is 31.9 Å². The maximum atomic E-state index is 11.3. The first-order chi connectivity index (χ1) is 8.65. The van der Waals surface area contributed by atoms with Gasteiger partial charge in [-0.3, -0.25) is 0 Å². The predicted octanol–water partition coefficient (Wildman–Crippen LogP) is 3.70. The Morgan fingerprint density at radius 2 is 1.94 bits per heavy atom. The summed E-state index contributed by atoms with van der Waals surface area (Å²) in [6.45, 7) is 0. The van der Waals surface area contributed by atoms with Crippen LogP contribution in [0.1, 0.15) is 16.0 Å². The van der Waals surface area contributed by atoms with Crippen LogP contribution in [-0.4, -0.2) is 9.97 Å². The van der Waals surface area contributed by atoms with Gasteiger partial charge < -0.3 is 14.4 Å². The van der Waals surface area contributed by atoms with Gasteiger partial charge >= 0.3 is 5.69 Å². The second-order valence-corrected chi connectivity index (χ2v) is 5.69. The summed E-state index contributed by atoms with van der Waals surface area (Å²) in [6.07, 6.45) is 3.32. The van der Waals surface area contributed by atoms with Crippen molar-refractivity contribution >= 4 is 42.9 Å². The second-order valence-electron chi connectivity index (χ2n) is 3.92. The molecular formula is C12H8Br2N2O2. The molecule has 0 aliphatic rings. The third-order valence-electron chi connectivity index (χ3n) is 2.74. The fourth-order valence-electron chi connectivity index (χ4n) is 1.87. The molecule has 2 N–H and O–H groups in total. The molecule has 1 unspecified atom stereocenters. The monoisotopic (exact) mass is 370 g/mol. The number of halogens is 2. The predicted molar refractivity (Wildman–Crippen MR) is 76.1 cm³/mol. The Kier molecular flexibility index (Phi) is 2.91. The number of aromatic nitrogens is 2. The summed E-state index contributed by atoms with van der Waals surface area (Å²) in [7, 11) is 0. The molecule has 92 valence electrons. The van der Waals surface area contributed by atoms with E-state index in [1.165, 1.54) is 0 Å². The van der Waals surface area contributed by atoms with E-state index in [0.29, 0.717) is 0 Å². The van der Waals surface area contributed by atoms with Crippen molar-refractivity contribution in [2.45, 2.75) is 4.83 Å². The van der Waals surface area contributed by atoms with Gasteiger partial charge in [0.25, 0.3) is 0 Å². The Morgan fingerprint density at radius 1 is 1.22 bits per heavy atom. The number of alkyl halides is 1. The van der Waals surface area contributed by atoms with Crippen LogP contribution < -0.4 is 5.69 Å². The molecule has 3 rings (SSSR count). The third-order valence-corrected chi connectivity index (χ3v) is 4.45. The number of H-pyrrole nitrogens is 2. The molecule has 3 aromatic rings. The van der Waals surface area contributed by atoms with Gasteiger partial charge in [-0.2, -0.15) is 0 Å². The molecule has 0 bridgehead atoms. The molecular weight excluding hydrogens is 364 g/mol. The van der Waals surface area contributed by atoms with E-state index in [1.807, 2.05) is 18.2 Å². The number of rotatable bonds is 2. The molecule has 0 spiro atoms. The van der Waals surface area contributed by atoms with Crippen LogP contribution in [0.5, 0.6) is 0 Å². The van der Waals surface area contributed by atoms with Crippen LogP contribution in [0.3, 0.4) is 0 Å². The molecule has 2 aromatic heterocycles. The summed E-state index contributed by atoms with van der Waals surface area (Å²) < 4.78 is 6.00. The zero-order chi connectivity index (χ0) is 12.7. The number of fused-ring (bicyclic) bond motifs is 1. The maximum Gasteiger partial charge on any atom is 0.323 e. The van der Waals surface area contributed by atoms with Crippen LogP contribution in [0.2, 0.25) is 0 Å². The van der Waals surface area contributed by atoms with Gasteiger partial charge in [0.2, 0.25) is 0 Å². The zero-order valence-electron chi connectivity index (χ0n) is 9.04. The van der Waals surface area contributed by atoms with Gasteiger partial charge in [-0.05, 0) is 23.8 Å². The van der Waals surface area contributed by atoms with E-state index >= 15 is 0 Å². The molecule has 0 aliphatic heterocycles. The molecule has 18 heavy (non-hydrogen) atoms. The van der Waals surface area contributed by atoms with Crippen molar-refractivity contribution < 1.29 is 4.42 Å². The molecule has 0 radical (unpaired) electrons. The largest absolute Gasteiger partial charge is 0.472 e. The molecule has 0 aliphatic carbocycles. The van der Waals surface area contributed by atoms with Crippen molar-refractivity contribution in [3.63, 3.8) is 0 Å². The Labute approximate surface area is 119 Å². The molecule has 0 saturated carbocycles. The SMILES string of the molecule is O=c1[nH]c2cc(Br)c(C(Br)c3ccoc3)cc2[nH]1. The summed E-state index contributed by atoms with van der Waals surface area (Å²) in [6, 6.07) is 5.72. The summed E-state index contributed by atoms with van der Waals surface area (Å²) in [5, 5.41) is 0. The normalized spacial score (nSPS) is 13.0. The van der Waals surface area contributed by atoms with Crippen molar-refractivity contribution in [2.24, 2.45) is 0 Å². The Hall–Kier alpha value is -1.27. The van der Waals surface area contributed by atoms with E-state index < -0.39 is 0 Å². The van der Waals surface area contributed by atoms with Gasteiger partial charge in [0.1, 0.15) is 0 Å². The average Bonchev–Trinajstić information content (AvgIpc) is 2.94. The zero-order valence-corrected chi connectivity index (χ0v) is 12.2. The average molecular weight is 372 g/mol.